The first-order valence-electron chi connectivity index (χ1n) is 9.94. The topological polar surface area (TPSA) is 228 Å². The van der Waals surface area contributed by atoms with Crippen LogP contribution in [0, 0.1) is 0 Å². The molecule has 3 amide bonds. The van der Waals surface area contributed by atoms with E-state index in [1.807, 2.05) is 0 Å². The Hall–Kier alpha value is -3.71. The molecule has 13 nitrogen and oxygen atoms in total. The molecule has 182 valence electrons. The molecule has 13 heteroatoms. The predicted octanol–water partition coefficient (Wildman–Crippen LogP) is -2.32. The van der Waals surface area contributed by atoms with Crippen molar-refractivity contribution in [2.24, 2.45) is 5.73 Å². The summed E-state index contributed by atoms with van der Waals surface area (Å²) in [6.07, 6.45) is -0.875. The predicted molar refractivity (Wildman–Crippen MR) is 113 cm³/mol. The first kappa shape index (κ1) is 27.3. The van der Waals surface area contributed by atoms with Gasteiger partial charge in [-0.1, -0.05) is 12.1 Å². The van der Waals surface area contributed by atoms with E-state index in [1.54, 1.807) is 0 Å². The maximum atomic E-state index is 12.8. The van der Waals surface area contributed by atoms with Gasteiger partial charge in [-0.25, -0.2) is 4.79 Å². The zero-order valence-corrected chi connectivity index (χ0v) is 17.9. The Morgan fingerprint density at radius 1 is 0.909 bits per heavy atom. The number of rotatable bonds is 13. The Labute approximate surface area is 189 Å². The van der Waals surface area contributed by atoms with Crippen molar-refractivity contribution in [3.63, 3.8) is 0 Å². The molecule has 0 aliphatic heterocycles. The number of amides is 3. The molecule has 0 bridgehead atoms. The molecule has 1 aromatic rings. The number of aliphatic carboxylic acids is 2. The number of aliphatic hydroxyl groups is 1. The van der Waals surface area contributed by atoms with E-state index in [2.05, 4.69) is 16.0 Å². The second-order valence-corrected chi connectivity index (χ2v) is 7.28. The summed E-state index contributed by atoms with van der Waals surface area (Å²) in [5, 5.41) is 43.2. The highest BCUT2D eigenvalue weighted by Gasteiger charge is 2.28. The quantitative estimate of drug-likeness (QED) is 0.154. The number of nitrogens with two attached hydrogens (primary N) is 1. The van der Waals surface area contributed by atoms with E-state index in [-0.39, 0.29) is 18.6 Å². The third-order valence-electron chi connectivity index (χ3n) is 4.56. The third kappa shape index (κ3) is 9.53. The largest absolute Gasteiger partial charge is 0.508 e. The summed E-state index contributed by atoms with van der Waals surface area (Å²) in [4.78, 5) is 59.1. The van der Waals surface area contributed by atoms with E-state index < -0.39 is 66.9 Å². The van der Waals surface area contributed by atoms with Gasteiger partial charge >= 0.3 is 11.9 Å². The number of carboxylic acid groups (broad SMARTS) is 2. The summed E-state index contributed by atoms with van der Waals surface area (Å²) in [6.45, 7) is 0.618. The molecule has 0 saturated carbocycles. The van der Waals surface area contributed by atoms with Gasteiger partial charge in [0.05, 0.1) is 6.61 Å². The van der Waals surface area contributed by atoms with E-state index in [0.717, 1.165) is 0 Å². The lowest BCUT2D eigenvalue weighted by atomic mass is 10.0. The third-order valence-corrected chi connectivity index (χ3v) is 4.56. The van der Waals surface area contributed by atoms with E-state index in [4.69, 9.17) is 21.1 Å². The van der Waals surface area contributed by atoms with Crippen molar-refractivity contribution in [3.8, 4) is 5.75 Å². The molecule has 1 aromatic carbocycles. The number of aromatic hydroxyl groups is 1. The summed E-state index contributed by atoms with van der Waals surface area (Å²) >= 11 is 0. The van der Waals surface area contributed by atoms with E-state index in [1.165, 1.54) is 31.2 Å². The molecule has 33 heavy (non-hydrogen) atoms. The average Bonchev–Trinajstić information content (AvgIpc) is 2.76. The second kappa shape index (κ2) is 13.0. The van der Waals surface area contributed by atoms with E-state index in [0.29, 0.717) is 5.56 Å². The maximum Gasteiger partial charge on any atom is 0.326 e. The average molecular weight is 468 g/mol. The van der Waals surface area contributed by atoms with Crippen molar-refractivity contribution in [2.75, 3.05) is 6.61 Å². The number of phenols is 1. The number of carbonyl (C=O) groups is 5. The van der Waals surface area contributed by atoms with Crippen LogP contribution in [0.4, 0.5) is 0 Å². The monoisotopic (exact) mass is 468 g/mol. The molecular formula is C20H28N4O9. The van der Waals surface area contributed by atoms with Crippen LogP contribution in [0.5, 0.6) is 5.75 Å². The van der Waals surface area contributed by atoms with E-state index >= 15 is 0 Å². The van der Waals surface area contributed by atoms with Gasteiger partial charge < -0.3 is 42.1 Å². The highest BCUT2D eigenvalue weighted by molar-refractivity contribution is 5.94. The minimum atomic E-state index is -1.47. The van der Waals surface area contributed by atoms with Crippen LogP contribution in [0.1, 0.15) is 25.3 Å². The minimum Gasteiger partial charge on any atom is -0.508 e. The molecule has 0 aliphatic carbocycles. The smallest absolute Gasteiger partial charge is 0.326 e. The molecule has 4 atom stereocenters. The Balaban J connectivity index is 2.88. The number of nitrogens with one attached hydrogen (secondary N) is 3. The lowest BCUT2D eigenvalue weighted by Gasteiger charge is -2.23. The van der Waals surface area contributed by atoms with Crippen molar-refractivity contribution < 1.29 is 44.4 Å². The Morgan fingerprint density at radius 2 is 1.48 bits per heavy atom. The number of benzene rings is 1. The van der Waals surface area contributed by atoms with Gasteiger partial charge in [0.25, 0.3) is 0 Å². The van der Waals surface area contributed by atoms with Gasteiger partial charge in [-0.05, 0) is 31.0 Å². The summed E-state index contributed by atoms with van der Waals surface area (Å²) in [5.74, 6) is -5.14. The van der Waals surface area contributed by atoms with Crippen LogP contribution in [-0.4, -0.2) is 80.9 Å². The molecule has 0 heterocycles. The van der Waals surface area contributed by atoms with Gasteiger partial charge in [-0.2, -0.15) is 0 Å². The van der Waals surface area contributed by atoms with Gasteiger partial charge in [-0.3, -0.25) is 19.2 Å². The molecule has 4 unspecified atom stereocenters. The van der Waals surface area contributed by atoms with E-state index in [9.17, 15) is 29.1 Å². The van der Waals surface area contributed by atoms with Gasteiger partial charge in [0.2, 0.25) is 17.7 Å². The number of aliphatic hydroxyl groups excluding tert-OH is 1. The standard InChI is InChI=1S/C20H28N4O9/c1-10(17(29)23-14(20(32)33)6-7-16(27)28)22-19(31)15(24-18(30)13(21)9-25)8-11-2-4-12(26)5-3-11/h2-5,10,13-15,25-26H,6-9,21H2,1H3,(H,22,31)(H,23,29)(H,24,30)(H,27,28)(H,32,33). The Morgan fingerprint density at radius 3 is 2.00 bits per heavy atom. The number of phenolic OH excluding ortho intramolecular Hbond substituents is 1. The minimum absolute atomic E-state index is 0.00716. The van der Waals surface area contributed by atoms with Crippen LogP contribution in [0.25, 0.3) is 0 Å². The molecular weight excluding hydrogens is 440 g/mol. The van der Waals surface area contributed by atoms with Crippen molar-refractivity contribution in [2.45, 2.75) is 50.4 Å². The summed E-state index contributed by atoms with van der Waals surface area (Å²) in [5.41, 5.74) is 6.03. The molecule has 0 aromatic heterocycles. The van der Waals surface area contributed by atoms with Gasteiger partial charge in [-0.15, -0.1) is 0 Å². The summed E-state index contributed by atoms with van der Waals surface area (Å²) < 4.78 is 0. The van der Waals surface area contributed by atoms with Crippen LogP contribution in [0.3, 0.4) is 0 Å². The number of carbonyl (C=O) groups excluding carboxylic acids is 3. The van der Waals surface area contributed by atoms with Crippen LogP contribution in [0.15, 0.2) is 24.3 Å². The van der Waals surface area contributed by atoms with Crippen LogP contribution in [-0.2, 0) is 30.4 Å². The highest BCUT2D eigenvalue weighted by atomic mass is 16.4. The van der Waals surface area contributed by atoms with Gasteiger partial charge in [0.15, 0.2) is 0 Å². The normalized spacial score (nSPS) is 14.3. The van der Waals surface area contributed by atoms with Crippen molar-refractivity contribution in [1.82, 2.24) is 16.0 Å². The van der Waals surface area contributed by atoms with Crippen molar-refractivity contribution in [3.05, 3.63) is 29.8 Å². The highest BCUT2D eigenvalue weighted by Crippen LogP contribution is 2.12. The molecule has 9 N–H and O–H groups in total. The molecule has 0 saturated heterocycles. The lowest BCUT2D eigenvalue weighted by molar-refractivity contribution is -0.143. The van der Waals surface area contributed by atoms with Crippen molar-refractivity contribution in [1.29, 1.82) is 0 Å². The summed E-state index contributed by atoms with van der Waals surface area (Å²) in [6, 6.07) is 0.602. The fourth-order valence-corrected chi connectivity index (χ4v) is 2.64. The second-order valence-electron chi connectivity index (χ2n) is 7.28. The zero-order valence-electron chi connectivity index (χ0n) is 17.9. The number of hydrogen-bond acceptors (Lipinski definition) is 8. The fourth-order valence-electron chi connectivity index (χ4n) is 2.64. The first-order valence-corrected chi connectivity index (χ1v) is 9.94. The molecule has 0 aliphatic rings. The van der Waals surface area contributed by atoms with Crippen LogP contribution in [0.2, 0.25) is 0 Å². The van der Waals surface area contributed by atoms with Crippen molar-refractivity contribution >= 4 is 29.7 Å². The maximum absolute atomic E-state index is 12.8. The molecule has 0 fully saturated rings. The van der Waals surface area contributed by atoms with Crippen LogP contribution < -0.4 is 21.7 Å². The summed E-state index contributed by atoms with van der Waals surface area (Å²) in [7, 11) is 0. The Bertz CT molecular complexity index is 860. The first-order chi connectivity index (χ1) is 15.4. The molecule has 0 radical (unpaired) electrons. The Kier molecular flexibility index (Phi) is 10.7. The van der Waals surface area contributed by atoms with Gasteiger partial charge in [0.1, 0.15) is 29.9 Å². The fraction of sp³-hybridized carbons (Fsp3) is 0.450. The number of carboxylic acids is 2. The zero-order chi connectivity index (χ0) is 25.1. The molecule has 0 spiro atoms. The van der Waals surface area contributed by atoms with Gasteiger partial charge in [0, 0.05) is 12.8 Å². The number of hydrogen-bond donors (Lipinski definition) is 8. The SMILES string of the molecule is CC(NC(=O)C(Cc1ccc(O)cc1)NC(=O)C(N)CO)C(=O)NC(CCC(=O)O)C(=O)O. The van der Waals surface area contributed by atoms with Crippen LogP contribution >= 0.6 is 0 Å². The lowest BCUT2D eigenvalue weighted by Crippen LogP contribution is -2.57. The molecule has 1 rings (SSSR count).